The molecule has 0 aromatic rings. The summed E-state index contributed by atoms with van der Waals surface area (Å²) < 4.78 is 0. The number of primary amides is 1. The third-order valence-corrected chi connectivity index (χ3v) is 4.94. The van der Waals surface area contributed by atoms with Crippen LogP contribution in [0.5, 0.6) is 0 Å². The highest BCUT2D eigenvalue weighted by atomic mass is 16.2. The lowest BCUT2D eigenvalue weighted by Gasteiger charge is -2.38. The summed E-state index contributed by atoms with van der Waals surface area (Å²) >= 11 is 0. The van der Waals surface area contributed by atoms with E-state index in [1.54, 1.807) is 0 Å². The second-order valence-electron chi connectivity index (χ2n) is 6.60. The molecule has 1 saturated heterocycles. The molecule has 2 amide bonds. The summed E-state index contributed by atoms with van der Waals surface area (Å²) in [6, 6.07) is 0.260. The van der Waals surface area contributed by atoms with E-state index in [1.807, 2.05) is 4.90 Å². The molecule has 1 aliphatic heterocycles. The molecule has 0 bridgehead atoms. The highest BCUT2D eigenvalue weighted by Gasteiger charge is 2.35. The van der Waals surface area contributed by atoms with Crippen LogP contribution in [-0.2, 0) is 9.59 Å². The molecule has 0 aromatic heterocycles. The van der Waals surface area contributed by atoms with Gasteiger partial charge in [0.15, 0.2) is 0 Å². The van der Waals surface area contributed by atoms with Crippen molar-refractivity contribution in [2.24, 2.45) is 29.2 Å². The van der Waals surface area contributed by atoms with Crippen LogP contribution in [-0.4, -0.2) is 35.8 Å². The zero-order valence-electron chi connectivity index (χ0n) is 12.4. The molecular formula is C15H27N3O2. The van der Waals surface area contributed by atoms with Crippen LogP contribution in [0.1, 0.15) is 45.4 Å². The topological polar surface area (TPSA) is 89.4 Å². The molecular weight excluding hydrogens is 254 g/mol. The molecule has 114 valence electrons. The smallest absolute Gasteiger partial charge is 0.225 e. The highest BCUT2D eigenvalue weighted by Crippen LogP contribution is 2.32. The first-order valence-electron chi connectivity index (χ1n) is 7.80. The molecule has 5 heteroatoms. The number of carbonyl (C=O) groups excluding carboxylic acids is 2. The van der Waals surface area contributed by atoms with Crippen LogP contribution in [0.3, 0.4) is 0 Å². The maximum atomic E-state index is 12.6. The minimum absolute atomic E-state index is 0.141. The van der Waals surface area contributed by atoms with Gasteiger partial charge in [-0.2, -0.15) is 0 Å². The molecule has 2 aliphatic rings. The summed E-state index contributed by atoms with van der Waals surface area (Å²) in [7, 11) is 0. The second kappa shape index (κ2) is 6.57. The monoisotopic (exact) mass is 281 g/mol. The Morgan fingerprint density at radius 3 is 2.35 bits per heavy atom. The molecule has 3 atom stereocenters. The summed E-state index contributed by atoms with van der Waals surface area (Å²) in [4.78, 5) is 25.5. The van der Waals surface area contributed by atoms with Gasteiger partial charge in [-0.1, -0.05) is 6.92 Å². The lowest BCUT2D eigenvalue weighted by atomic mass is 9.77. The van der Waals surface area contributed by atoms with Gasteiger partial charge in [0.05, 0.1) is 0 Å². The predicted molar refractivity (Wildman–Crippen MR) is 77.6 cm³/mol. The minimum Gasteiger partial charge on any atom is -0.370 e. The number of amides is 2. The fraction of sp³-hybridized carbons (Fsp3) is 0.867. The average Bonchev–Trinajstić information content (AvgIpc) is 2.38. The highest BCUT2D eigenvalue weighted by molar-refractivity contribution is 5.79. The number of hydrogen-bond donors (Lipinski definition) is 2. The van der Waals surface area contributed by atoms with E-state index in [1.165, 1.54) is 0 Å². The van der Waals surface area contributed by atoms with Crippen LogP contribution in [0.25, 0.3) is 0 Å². The van der Waals surface area contributed by atoms with Crippen molar-refractivity contribution in [3.05, 3.63) is 0 Å². The number of carbonyl (C=O) groups is 2. The van der Waals surface area contributed by atoms with Crippen LogP contribution in [0.15, 0.2) is 0 Å². The zero-order valence-corrected chi connectivity index (χ0v) is 12.4. The van der Waals surface area contributed by atoms with E-state index in [-0.39, 0.29) is 17.9 Å². The number of nitrogens with zero attached hydrogens (tertiary/aromatic N) is 1. The molecule has 20 heavy (non-hydrogen) atoms. The molecule has 3 unspecified atom stereocenters. The molecule has 4 N–H and O–H groups in total. The second-order valence-corrected chi connectivity index (χ2v) is 6.60. The van der Waals surface area contributed by atoms with Gasteiger partial charge in [-0.05, 0) is 43.9 Å². The summed E-state index contributed by atoms with van der Waals surface area (Å²) in [5.74, 6) is 0.942. The van der Waals surface area contributed by atoms with Crippen molar-refractivity contribution < 1.29 is 9.59 Å². The first-order valence-corrected chi connectivity index (χ1v) is 7.80. The van der Waals surface area contributed by atoms with Crippen LogP contribution in [0.4, 0.5) is 0 Å². The normalized spacial score (nSPS) is 32.1. The van der Waals surface area contributed by atoms with Crippen molar-refractivity contribution >= 4 is 11.8 Å². The first-order chi connectivity index (χ1) is 9.47. The summed E-state index contributed by atoms with van der Waals surface area (Å²) in [6.45, 7) is 3.68. The van der Waals surface area contributed by atoms with Gasteiger partial charge in [0.2, 0.25) is 11.8 Å². The number of likely N-dealkylation sites (tertiary alicyclic amines) is 1. The molecule has 0 spiro atoms. The van der Waals surface area contributed by atoms with Crippen molar-refractivity contribution in [2.75, 3.05) is 13.1 Å². The van der Waals surface area contributed by atoms with Crippen molar-refractivity contribution in [1.29, 1.82) is 0 Å². The fourth-order valence-electron chi connectivity index (χ4n) is 3.68. The van der Waals surface area contributed by atoms with E-state index in [0.717, 1.165) is 45.2 Å². The Morgan fingerprint density at radius 2 is 1.80 bits per heavy atom. The Balaban J connectivity index is 1.84. The van der Waals surface area contributed by atoms with Crippen molar-refractivity contribution in [3.63, 3.8) is 0 Å². The SMILES string of the molecule is CC1CC(N)CCC1C(=O)N1CCC(CC(N)=O)CC1. The van der Waals surface area contributed by atoms with Crippen LogP contribution < -0.4 is 11.5 Å². The van der Waals surface area contributed by atoms with Gasteiger partial charge in [0.1, 0.15) is 0 Å². The van der Waals surface area contributed by atoms with Crippen molar-refractivity contribution in [2.45, 2.75) is 51.5 Å². The van der Waals surface area contributed by atoms with E-state index in [9.17, 15) is 9.59 Å². The molecule has 2 fully saturated rings. The van der Waals surface area contributed by atoms with Crippen LogP contribution in [0.2, 0.25) is 0 Å². The number of piperidine rings is 1. The van der Waals surface area contributed by atoms with E-state index in [0.29, 0.717) is 24.2 Å². The molecule has 1 saturated carbocycles. The quantitative estimate of drug-likeness (QED) is 0.804. The summed E-state index contributed by atoms with van der Waals surface area (Å²) in [5, 5.41) is 0. The van der Waals surface area contributed by atoms with Gasteiger partial charge in [-0.15, -0.1) is 0 Å². The summed E-state index contributed by atoms with van der Waals surface area (Å²) in [5.41, 5.74) is 11.2. The maximum Gasteiger partial charge on any atom is 0.225 e. The summed E-state index contributed by atoms with van der Waals surface area (Å²) in [6.07, 6.45) is 5.08. The van der Waals surface area contributed by atoms with E-state index >= 15 is 0 Å². The average molecular weight is 281 g/mol. The van der Waals surface area contributed by atoms with E-state index in [2.05, 4.69) is 6.92 Å². The van der Waals surface area contributed by atoms with Gasteiger partial charge in [0.25, 0.3) is 0 Å². The molecule has 2 rings (SSSR count). The van der Waals surface area contributed by atoms with Gasteiger partial charge < -0.3 is 16.4 Å². The third kappa shape index (κ3) is 3.72. The minimum atomic E-state index is -0.232. The van der Waals surface area contributed by atoms with Gasteiger partial charge >= 0.3 is 0 Å². The largest absolute Gasteiger partial charge is 0.370 e. The van der Waals surface area contributed by atoms with Gasteiger partial charge in [-0.3, -0.25) is 9.59 Å². The Morgan fingerprint density at radius 1 is 1.15 bits per heavy atom. The maximum absolute atomic E-state index is 12.6. The molecule has 1 aliphatic carbocycles. The van der Waals surface area contributed by atoms with Crippen molar-refractivity contribution in [3.8, 4) is 0 Å². The Hall–Kier alpha value is -1.10. The van der Waals surface area contributed by atoms with Gasteiger partial charge in [-0.25, -0.2) is 0 Å². The molecule has 1 heterocycles. The predicted octanol–water partition coefficient (Wildman–Crippen LogP) is 0.864. The number of nitrogens with two attached hydrogens (primary N) is 2. The van der Waals surface area contributed by atoms with Gasteiger partial charge in [0, 0.05) is 31.5 Å². The van der Waals surface area contributed by atoms with Crippen LogP contribution >= 0.6 is 0 Å². The fourth-order valence-corrected chi connectivity index (χ4v) is 3.68. The first kappa shape index (κ1) is 15.3. The number of rotatable bonds is 3. The molecule has 0 radical (unpaired) electrons. The Labute approximate surface area is 121 Å². The Bertz CT molecular complexity index is 364. The number of hydrogen-bond acceptors (Lipinski definition) is 3. The lowest BCUT2D eigenvalue weighted by Crippen LogP contribution is -2.46. The lowest BCUT2D eigenvalue weighted by molar-refractivity contribution is -0.139. The van der Waals surface area contributed by atoms with E-state index < -0.39 is 0 Å². The standard InChI is InChI=1S/C15H27N3O2/c1-10-8-12(16)2-3-13(10)15(20)18-6-4-11(5-7-18)9-14(17)19/h10-13H,2-9,16H2,1H3,(H2,17,19). The van der Waals surface area contributed by atoms with Crippen LogP contribution in [0, 0.1) is 17.8 Å². The van der Waals surface area contributed by atoms with Crippen molar-refractivity contribution in [1.82, 2.24) is 4.90 Å². The molecule has 0 aromatic carbocycles. The Kier molecular flexibility index (Phi) is 5.02. The third-order valence-electron chi connectivity index (χ3n) is 4.94. The molecule has 5 nitrogen and oxygen atoms in total. The zero-order chi connectivity index (χ0) is 14.7. The van der Waals surface area contributed by atoms with E-state index in [4.69, 9.17) is 11.5 Å².